The van der Waals surface area contributed by atoms with Gasteiger partial charge in [-0.05, 0) is 37.3 Å². The number of hydrogen-bond donors (Lipinski definition) is 1. The number of benzene rings is 1. The highest BCUT2D eigenvalue weighted by Gasteiger charge is 2.08. The SMILES string of the molecule is CCN(C(=S)NC)c1cccc(F)c1. The highest BCUT2D eigenvalue weighted by molar-refractivity contribution is 7.80. The van der Waals surface area contributed by atoms with Gasteiger partial charge in [-0.3, -0.25) is 0 Å². The third-order valence-corrected chi connectivity index (χ3v) is 2.32. The predicted molar refractivity (Wildman–Crippen MR) is 61.1 cm³/mol. The van der Waals surface area contributed by atoms with E-state index >= 15 is 0 Å². The van der Waals surface area contributed by atoms with Gasteiger partial charge in [-0.25, -0.2) is 4.39 Å². The zero-order valence-corrected chi connectivity index (χ0v) is 9.07. The van der Waals surface area contributed by atoms with Crippen molar-refractivity contribution in [2.24, 2.45) is 0 Å². The third kappa shape index (κ3) is 2.42. The first-order valence-electron chi connectivity index (χ1n) is 4.44. The minimum Gasteiger partial charge on any atom is -0.365 e. The van der Waals surface area contributed by atoms with E-state index in [-0.39, 0.29) is 5.82 Å². The molecule has 76 valence electrons. The Hall–Kier alpha value is -1.16. The summed E-state index contributed by atoms with van der Waals surface area (Å²) < 4.78 is 12.9. The summed E-state index contributed by atoms with van der Waals surface area (Å²) in [5, 5.41) is 3.46. The van der Waals surface area contributed by atoms with Crippen LogP contribution in [0.1, 0.15) is 6.92 Å². The van der Waals surface area contributed by atoms with Crippen molar-refractivity contribution in [1.29, 1.82) is 0 Å². The van der Waals surface area contributed by atoms with Crippen LogP contribution in [0.25, 0.3) is 0 Å². The molecule has 2 nitrogen and oxygen atoms in total. The maximum absolute atomic E-state index is 12.9. The normalized spacial score (nSPS) is 9.64. The van der Waals surface area contributed by atoms with E-state index in [4.69, 9.17) is 12.2 Å². The van der Waals surface area contributed by atoms with Crippen LogP contribution >= 0.6 is 12.2 Å². The average Bonchev–Trinajstić information content (AvgIpc) is 2.19. The lowest BCUT2D eigenvalue weighted by atomic mass is 10.3. The first kappa shape index (κ1) is 10.9. The van der Waals surface area contributed by atoms with Gasteiger partial charge in [0.15, 0.2) is 5.11 Å². The van der Waals surface area contributed by atoms with Crippen molar-refractivity contribution in [3.63, 3.8) is 0 Å². The van der Waals surface area contributed by atoms with Gasteiger partial charge in [0.25, 0.3) is 0 Å². The fourth-order valence-electron chi connectivity index (χ4n) is 1.22. The fraction of sp³-hybridized carbons (Fsp3) is 0.300. The van der Waals surface area contributed by atoms with Crippen LogP contribution in [0.5, 0.6) is 0 Å². The van der Waals surface area contributed by atoms with Gasteiger partial charge in [0.05, 0.1) is 0 Å². The monoisotopic (exact) mass is 212 g/mol. The molecule has 0 radical (unpaired) electrons. The Labute approximate surface area is 88.7 Å². The van der Waals surface area contributed by atoms with Crippen LogP contribution in [-0.4, -0.2) is 18.7 Å². The number of nitrogens with zero attached hydrogens (tertiary/aromatic N) is 1. The van der Waals surface area contributed by atoms with Crippen LogP contribution in [0.15, 0.2) is 24.3 Å². The molecular weight excluding hydrogens is 199 g/mol. The standard InChI is InChI=1S/C10H13FN2S/c1-3-13(10(14)12-2)9-6-4-5-8(11)7-9/h4-7H,3H2,1-2H3,(H,12,14). The van der Waals surface area contributed by atoms with Crippen molar-refractivity contribution in [3.8, 4) is 0 Å². The smallest absolute Gasteiger partial charge is 0.173 e. The Balaban J connectivity index is 2.94. The third-order valence-electron chi connectivity index (χ3n) is 1.90. The van der Waals surface area contributed by atoms with E-state index in [9.17, 15) is 4.39 Å². The molecule has 0 amide bonds. The number of hydrogen-bond acceptors (Lipinski definition) is 1. The summed E-state index contributed by atoms with van der Waals surface area (Å²) in [6.07, 6.45) is 0. The van der Waals surface area contributed by atoms with Crippen LogP contribution < -0.4 is 10.2 Å². The topological polar surface area (TPSA) is 15.3 Å². The Morgan fingerprint density at radius 2 is 2.29 bits per heavy atom. The lowest BCUT2D eigenvalue weighted by Crippen LogP contribution is -2.37. The molecule has 0 aliphatic carbocycles. The maximum atomic E-state index is 12.9. The zero-order chi connectivity index (χ0) is 10.6. The predicted octanol–water partition coefficient (Wildman–Crippen LogP) is 2.16. The molecular formula is C10H13FN2S. The van der Waals surface area contributed by atoms with E-state index in [2.05, 4.69) is 5.32 Å². The minimum atomic E-state index is -0.250. The zero-order valence-electron chi connectivity index (χ0n) is 8.25. The van der Waals surface area contributed by atoms with E-state index in [1.165, 1.54) is 12.1 Å². The summed E-state index contributed by atoms with van der Waals surface area (Å²) in [7, 11) is 1.75. The summed E-state index contributed by atoms with van der Waals surface area (Å²) in [6, 6.07) is 6.38. The van der Waals surface area contributed by atoms with Crippen molar-refractivity contribution < 1.29 is 4.39 Å². The number of halogens is 1. The van der Waals surface area contributed by atoms with Crippen molar-refractivity contribution in [3.05, 3.63) is 30.1 Å². The van der Waals surface area contributed by atoms with Gasteiger partial charge in [0, 0.05) is 19.3 Å². The van der Waals surface area contributed by atoms with Gasteiger partial charge in [0.1, 0.15) is 5.82 Å². The quantitative estimate of drug-likeness (QED) is 0.756. The summed E-state index contributed by atoms with van der Waals surface area (Å²) in [6.45, 7) is 2.68. The van der Waals surface area contributed by atoms with Crippen LogP contribution in [0.3, 0.4) is 0 Å². The Morgan fingerprint density at radius 1 is 1.57 bits per heavy atom. The molecule has 0 heterocycles. The second kappa shape index (κ2) is 4.91. The molecule has 0 bridgehead atoms. The van der Waals surface area contributed by atoms with Gasteiger partial charge in [-0.15, -0.1) is 0 Å². The molecule has 0 atom stereocenters. The molecule has 0 fully saturated rings. The van der Waals surface area contributed by atoms with Gasteiger partial charge in [0.2, 0.25) is 0 Å². The lowest BCUT2D eigenvalue weighted by molar-refractivity contribution is 0.627. The molecule has 1 N–H and O–H groups in total. The highest BCUT2D eigenvalue weighted by Crippen LogP contribution is 2.15. The van der Waals surface area contributed by atoms with Gasteiger partial charge in [-0.2, -0.15) is 0 Å². The highest BCUT2D eigenvalue weighted by atomic mass is 32.1. The second-order valence-electron chi connectivity index (χ2n) is 2.78. The van der Waals surface area contributed by atoms with E-state index in [1.807, 2.05) is 17.9 Å². The molecule has 0 saturated heterocycles. The summed E-state index contributed by atoms with van der Waals surface area (Å²) in [5.41, 5.74) is 0.770. The number of rotatable bonds is 2. The van der Waals surface area contributed by atoms with Gasteiger partial charge >= 0.3 is 0 Å². The van der Waals surface area contributed by atoms with Crippen molar-refractivity contribution in [2.45, 2.75) is 6.92 Å². The number of anilines is 1. The Kier molecular flexibility index (Phi) is 3.83. The van der Waals surface area contributed by atoms with Crippen LogP contribution in [-0.2, 0) is 0 Å². The molecule has 4 heteroatoms. The largest absolute Gasteiger partial charge is 0.365 e. The van der Waals surface area contributed by atoms with Crippen LogP contribution in [0.4, 0.5) is 10.1 Å². The van der Waals surface area contributed by atoms with Crippen molar-refractivity contribution in [1.82, 2.24) is 5.32 Å². The maximum Gasteiger partial charge on any atom is 0.173 e. The van der Waals surface area contributed by atoms with Crippen molar-refractivity contribution >= 4 is 23.0 Å². The van der Waals surface area contributed by atoms with E-state index in [0.717, 1.165) is 5.69 Å². The van der Waals surface area contributed by atoms with Crippen molar-refractivity contribution in [2.75, 3.05) is 18.5 Å². The van der Waals surface area contributed by atoms with Gasteiger partial charge < -0.3 is 10.2 Å². The van der Waals surface area contributed by atoms with E-state index in [1.54, 1.807) is 13.1 Å². The molecule has 14 heavy (non-hydrogen) atoms. The Morgan fingerprint density at radius 3 is 2.79 bits per heavy atom. The molecule has 0 aromatic heterocycles. The summed E-state index contributed by atoms with van der Waals surface area (Å²) in [5.74, 6) is -0.250. The molecule has 0 unspecified atom stereocenters. The average molecular weight is 212 g/mol. The van der Waals surface area contributed by atoms with Crippen LogP contribution in [0.2, 0.25) is 0 Å². The molecule has 0 spiro atoms. The van der Waals surface area contributed by atoms with E-state index in [0.29, 0.717) is 11.7 Å². The first-order valence-corrected chi connectivity index (χ1v) is 4.84. The van der Waals surface area contributed by atoms with E-state index < -0.39 is 0 Å². The second-order valence-corrected chi connectivity index (χ2v) is 3.17. The molecule has 0 saturated carbocycles. The first-order chi connectivity index (χ1) is 6.69. The molecule has 0 aliphatic rings. The summed E-state index contributed by atoms with van der Waals surface area (Å²) >= 11 is 5.09. The molecule has 1 aromatic rings. The molecule has 0 aliphatic heterocycles. The summed E-state index contributed by atoms with van der Waals surface area (Å²) in [4.78, 5) is 1.83. The lowest BCUT2D eigenvalue weighted by Gasteiger charge is -2.23. The molecule has 1 rings (SSSR count). The van der Waals surface area contributed by atoms with Gasteiger partial charge in [-0.1, -0.05) is 6.07 Å². The molecule has 1 aromatic carbocycles. The van der Waals surface area contributed by atoms with Crippen LogP contribution in [0, 0.1) is 5.82 Å². The minimum absolute atomic E-state index is 0.250. The number of nitrogens with one attached hydrogen (secondary N) is 1. The number of thiocarbonyl (C=S) groups is 1. The fourth-order valence-corrected chi connectivity index (χ4v) is 1.46. The Bertz CT molecular complexity index is 328.